The maximum atomic E-state index is 4.77. The van der Waals surface area contributed by atoms with Crippen LogP contribution < -0.4 is 4.57 Å². The number of pyridine rings is 2. The van der Waals surface area contributed by atoms with Crippen molar-refractivity contribution in [1.29, 1.82) is 0 Å². The predicted molar refractivity (Wildman–Crippen MR) is 85.0 cm³/mol. The van der Waals surface area contributed by atoms with Crippen molar-refractivity contribution < 1.29 is 4.57 Å². The van der Waals surface area contributed by atoms with Gasteiger partial charge in [0.1, 0.15) is 0 Å². The molecule has 4 aromatic rings. The van der Waals surface area contributed by atoms with E-state index in [4.69, 9.17) is 4.98 Å². The Kier molecular flexibility index (Phi) is 2.86. The molecule has 0 spiro atoms. The summed E-state index contributed by atoms with van der Waals surface area (Å²) in [5.41, 5.74) is 3.37. The van der Waals surface area contributed by atoms with Gasteiger partial charge in [0.25, 0.3) is 0 Å². The molecule has 0 aliphatic rings. The Morgan fingerprint density at radius 2 is 1.52 bits per heavy atom. The van der Waals surface area contributed by atoms with E-state index in [9.17, 15) is 0 Å². The maximum absolute atomic E-state index is 4.77. The van der Waals surface area contributed by atoms with Crippen LogP contribution in [0.1, 0.15) is 5.56 Å². The van der Waals surface area contributed by atoms with Crippen LogP contribution in [0, 0.1) is 0 Å². The van der Waals surface area contributed by atoms with E-state index in [2.05, 4.69) is 59.4 Å². The van der Waals surface area contributed by atoms with E-state index in [-0.39, 0.29) is 0 Å². The summed E-state index contributed by atoms with van der Waals surface area (Å²) in [5.74, 6) is 0. The molecule has 0 aliphatic carbocycles. The molecule has 2 heteroatoms. The lowest BCUT2D eigenvalue weighted by Crippen LogP contribution is -2.32. The van der Waals surface area contributed by atoms with E-state index < -0.39 is 0 Å². The van der Waals surface area contributed by atoms with Crippen LogP contribution in [0.25, 0.3) is 21.8 Å². The first kappa shape index (κ1) is 12.0. The number of nitrogens with zero attached hydrogens (tertiary/aromatic N) is 2. The second kappa shape index (κ2) is 4.98. The summed E-state index contributed by atoms with van der Waals surface area (Å²) in [4.78, 5) is 4.77. The molecule has 0 radical (unpaired) electrons. The van der Waals surface area contributed by atoms with Gasteiger partial charge in [-0.05, 0) is 18.2 Å². The van der Waals surface area contributed by atoms with Crippen molar-refractivity contribution in [2.45, 2.75) is 6.54 Å². The van der Waals surface area contributed by atoms with Crippen molar-refractivity contribution in [2.24, 2.45) is 0 Å². The first-order valence-electron chi connectivity index (χ1n) is 7.11. The molecule has 2 heterocycles. The minimum absolute atomic E-state index is 0.866. The maximum Gasteiger partial charge on any atom is 0.173 e. The summed E-state index contributed by atoms with van der Waals surface area (Å²) in [6, 6.07) is 23.1. The van der Waals surface area contributed by atoms with E-state index in [1.807, 2.05) is 24.3 Å². The zero-order chi connectivity index (χ0) is 14.1. The number of rotatable bonds is 2. The van der Waals surface area contributed by atoms with E-state index in [1.165, 1.54) is 16.3 Å². The molecule has 2 aromatic carbocycles. The number of para-hydroxylation sites is 1. The van der Waals surface area contributed by atoms with Crippen LogP contribution in [0.4, 0.5) is 0 Å². The third kappa shape index (κ3) is 2.36. The number of fused-ring (bicyclic) bond motifs is 2. The molecule has 0 amide bonds. The predicted octanol–water partition coefficient (Wildman–Crippen LogP) is 3.72. The first-order valence-corrected chi connectivity index (χ1v) is 7.11. The number of aromatic nitrogens is 2. The number of benzene rings is 2. The smallest absolute Gasteiger partial charge is 0.173 e. The monoisotopic (exact) mass is 271 g/mol. The zero-order valence-corrected chi connectivity index (χ0v) is 11.6. The normalized spacial score (nSPS) is 11.0. The third-order valence-corrected chi connectivity index (χ3v) is 3.73. The minimum Gasteiger partial charge on any atom is -0.248 e. The van der Waals surface area contributed by atoms with Gasteiger partial charge in [-0.25, -0.2) is 9.55 Å². The molecule has 0 saturated carbocycles. The molecule has 0 saturated heterocycles. The summed E-state index contributed by atoms with van der Waals surface area (Å²) in [6.45, 7) is 0.866. The second-order valence-corrected chi connectivity index (χ2v) is 5.26. The fourth-order valence-electron chi connectivity index (χ4n) is 2.67. The van der Waals surface area contributed by atoms with Crippen LogP contribution in [-0.2, 0) is 6.54 Å². The highest BCUT2D eigenvalue weighted by molar-refractivity contribution is 5.92. The number of hydrogen-bond acceptors (Lipinski definition) is 1. The molecule has 0 aliphatic heterocycles. The molecular formula is C19H15N2+. The van der Waals surface area contributed by atoms with Gasteiger partial charge in [0.2, 0.25) is 0 Å². The van der Waals surface area contributed by atoms with Gasteiger partial charge in [0, 0.05) is 28.5 Å². The lowest BCUT2D eigenvalue weighted by molar-refractivity contribution is -0.688. The summed E-state index contributed by atoms with van der Waals surface area (Å²) >= 11 is 0. The Bertz CT molecular complexity index is 914. The molecule has 0 unspecified atom stereocenters. The van der Waals surface area contributed by atoms with Gasteiger partial charge in [-0.3, -0.25) is 0 Å². The van der Waals surface area contributed by atoms with Gasteiger partial charge in [-0.1, -0.05) is 36.4 Å². The molecule has 0 bridgehead atoms. The molecule has 2 aromatic heterocycles. The Balaban J connectivity index is 1.80. The van der Waals surface area contributed by atoms with Gasteiger partial charge in [-0.2, -0.15) is 0 Å². The molecule has 4 rings (SSSR count). The number of hydrogen-bond donors (Lipinski definition) is 0. The quantitative estimate of drug-likeness (QED) is 0.401. The molecular weight excluding hydrogens is 256 g/mol. The highest BCUT2D eigenvalue weighted by Crippen LogP contribution is 2.20. The van der Waals surface area contributed by atoms with Crippen molar-refractivity contribution in [3.05, 3.63) is 84.7 Å². The van der Waals surface area contributed by atoms with E-state index in [0.29, 0.717) is 0 Å². The fraction of sp³-hybridized carbons (Fsp3) is 0.0526. The molecule has 0 N–H and O–H groups in total. The molecule has 100 valence electrons. The van der Waals surface area contributed by atoms with Crippen LogP contribution in [0.5, 0.6) is 0 Å². The van der Waals surface area contributed by atoms with E-state index >= 15 is 0 Å². The molecule has 2 nitrogen and oxygen atoms in total. The average Bonchev–Trinajstić information content (AvgIpc) is 2.54. The zero-order valence-electron chi connectivity index (χ0n) is 11.6. The molecule has 0 fully saturated rings. The van der Waals surface area contributed by atoms with Crippen molar-refractivity contribution in [3.63, 3.8) is 0 Å². The van der Waals surface area contributed by atoms with Crippen LogP contribution in [0.3, 0.4) is 0 Å². The standard InChI is InChI=1S/C19H15N2/c1-4-10-21(11-5-1)14-15-8-9-17-13-16-6-2-3-7-18(16)20-19(17)12-15/h1-13H,14H2/q+1. The Morgan fingerprint density at radius 1 is 0.714 bits per heavy atom. The van der Waals surface area contributed by atoms with Gasteiger partial charge in [-0.15, -0.1) is 0 Å². The Morgan fingerprint density at radius 3 is 2.43 bits per heavy atom. The van der Waals surface area contributed by atoms with Crippen molar-refractivity contribution in [1.82, 2.24) is 4.98 Å². The van der Waals surface area contributed by atoms with Crippen LogP contribution in [0.2, 0.25) is 0 Å². The first-order chi connectivity index (χ1) is 10.4. The van der Waals surface area contributed by atoms with Gasteiger partial charge in [0.15, 0.2) is 18.9 Å². The largest absolute Gasteiger partial charge is 0.248 e. The van der Waals surface area contributed by atoms with Crippen molar-refractivity contribution in [2.75, 3.05) is 0 Å². The molecule has 0 atom stereocenters. The van der Waals surface area contributed by atoms with Crippen molar-refractivity contribution >= 4 is 21.8 Å². The lowest BCUT2D eigenvalue weighted by Gasteiger charge is -2.03. The summed E-state index contributed by atoms with van der Waals surface area (Å²) in [6.07, 6.45) is 4.16. The van der Waals surface area contributed by atoms with Crippen LogP contribution in [0.15, 0.2) is 79.1 Å². The minimum atomic E-state index is 0.866. The highest BCUT2D eigenvalue weighted by Gasteiger charge is 2.04. The average molecular weight is 271 g/mol. The van der Waals surface area contributed by atoms with Gasteiger partial charge in [0.05, 0.1) is 11.0 Å². The fourth-order valence-corrected chi connectivity index (χ4v) is 2.67. The van der Waals surface area contributed by atoms with E-state index in [1.54, 1.807) is 0 Å². The SMILES string of the molecule is c1cc[n+](Cc2ccc3cc4ccccc4nc3c2)cc1. The Hall–Kier alpha value is -2.74. The summed E-state index contributed by atoms with van der Waals surface area (Å²) in [5, 5.41) is 2.38. The third-order valence-electron chi connectivity index (χ3n) is 3.73. The highest BCUT2D eigenvalue weighted by atomic mass is 14.9. The second-order valence-electron chi connectivity index (χ2n) is 5.26. The van der Waals surface area contributed by atoms with Crippen LogP contribution in [-0.4, -0.2) is 4.98 Å². The summed E-state index contributed by atoms with van der Waals surface area (Å²) in [7, 11) is 0. The van der Waals surface area contributed by atoms with Gasteiger partial charge >= 0.3 is 0 Å². The van der Waals surface area contributed by atoms with Crippen molar-refractivity contribution in [3.8, 4) is 0 Å². The van der Waals surface area contributed by atoms with E-state index in [0.717, 1.165) is 17.6 Å². The molecule has 21 heavy (non-hydrogen) atoms. The topological polar surface area (TPSA) is 16.8 Å². The van der Waals surface area contributed by atoms with Gasteiger partial charge < -0.3 is 0 Å². The lowest BCUT2D eigenvalue weighted by atomic mass is 10.1. The summed E-state index contributed by atoms with van der Waals surface area (Å²) < 4.78 is 2.17. The Labute approximate surface area is 123 Å². The van der Waals surface area contributed by atoms with Crippen LogP contribution >= 0.6 is 0 Å².